The number of benzene rings is 3. The first kappa shape index (κ1) is 36.2. The zero-order chi connectivity index (χ0) is 34.5. The summed E-state index contributed by atoms with van der Waals surface area (Å²) in [5, 5.41) is 6.18. The lowest BCUT2D eigenvalue weighted by Gasteiger charge is -2.32. The Kier molecular flexibility index (Phi) is 13.6. The lowest BCUT2D eigenvalue weighted by Crippen LogP contribution is -2.47. The number of methoxy groups -OCH3 is 1. The lowest BCUT2D eigenvalue weighted by molar-refractivity contribution is -0.132. The maximum atomic E-state index is 13.7. The average Bonchev–Trinajstić information content (AvgIpc) is 3.09. The molecule has 1 saturated heterocycles. The van der Waals surface area contributed by atoms with Gasteiger partial charge in [-0.25, -0.2) is 0 Å². The second-order valence-corrected chi connectivity index (χ2v) is 12.2. The smallest absolute Gasteiger partial charge is 0.258 e. The number of nitrogens with one attached hydrogen (secondary N) is 2. The van der Waals surface area contributed by atoms with Crippen LogP contribution in [0.5, 0.6) is 11.5 Å². The summed E-state index contributed by atoms with van der Waals surface area (Å²) >= 11 is 0. The van der Waals surface area contributed by atoms with Crippen LogP contribution in [0.1, 0.15) is 58.4 Å². The van der Waals surface area contributed by atoms with Gasteiger partial charge >= 0.3 is 0 Å². The van der Waals surface area contributed by atoms with Crippen molar-refractivity contribution in [3.8, 4) is 11.5 Å². The fraction of sp³-hybridized carbons (Fsp3) is 0.432. The van der Waals surface area contributed by atoms with Crippen molar-refractivity contribution >= 4 is 34.8 Å². The molecule has 3 aromatic rings. The number of anilines is 3. The van der Waals surface area contributed by atoms with Gasteiger partial charge in [-0.3, -0.25) is 14.4 Å². The predicted molar refractivity (Wildman–Crippen MR) is 192 cm³/mol. The molecule has 1 fully saturated rings. The SMILES string of the molecule is COc1cc(C(=O)N(C)c2ccc(C)cc2OCCCCCC(=O)N2CCN(C)CC2)ccc1NC(=O)c1ccccc1NCCCN. The zero-order valence-electron chi connectivity index (χ0n) is 28.7. The third-order valence-electron chi connectivity index (χ3n) is 8.49. The predicted octanol–water partition coefficient (Wildman–Crippen LogP) is 5.01. The molecule has 0 aromatic heterocycles. The molecule has 3 amide bonds. The van der Waals surface area contributed by atoms with Crippen molar-refractivity contribution in [3.63, 3.8) is 0 Å². The van der Waals surface area contributed by atoms with Crippen LogP contribution in [-0.4, -0.2) is 94.6 Å². The molecule has 0 atom stereocenters. The van der Waals surface area contributed by atoms with E-state index in [1.165, 1.54) is 7.11 Å². The van der Waals surface area contributed by atoms with Gasteiger partial charge in [-0.15, -0.1) is 0 Å². The zero-order valence-corrected chi connectivity index (χ0v) is 28.7. The molecule has 1 heterocycles. The number of unbranched alkanes of at least 4 members (excludes halogenated alkanes) is 2. The molecule has 258 valence electrons. The van der Waals surface area contributed by atoms with E-state index >= 15 is 0 Å². The van der Waals surface area contributed by atoms with E-state index < -0.39 is 0 Å². The molecule has 0 bridgehead atoms. The van der Waals surface area contributed by atoms with E-state index in [4.69, 9.17) is 15.2 Å². The van der Waals surface area contributed by atoms with Crippen LogP contribution in [0.2, 0.25) is 0 Å². The van der Waals surface area contributed by atoms with E-state index in [9.17, 15) is 14.4 Å². The van der Waals surface area contributed by atoms with E-state index in [1.54, 1.807) is 42.3 Å². The molecule has 1 aliphatic heterocycles. The van der Waals surface area contributed by atoms with E-state index in [0.717, 1.165) is 57.4 Å². The standard InChI is InChI=1S/C37H50N6O5/c1-27-14-17-32(34(25-27)48-24-9-5-6-13-35(44)43-22-20-41(2)21-23-43)42(3)37(46)28-15-16-31(33(26-28)47-4)40-36(45)29-11-7-8-12-30(29)39-19-10-18-38/h7-8,11-12,14-17,25-26,39H,5-6,9-10,13,18-24,38H2,1-4H3,(H,40,45). The number of piperazine rings is 1. The summed E-state index contributed by atoms with van der Waals surface area (Å²) < 4.78 is 11.8. The Hall–Kier alpha value is -4.61. The van der Waals surface area contributed by atoms with Gasteiger partial charge in [0.25, 0.3) is 11.8 Å². The molecule has 0 aliphatic carbocycles. The van der Waals surface area contributed by atoms with Crippen molar-refractivity contribution in [2.75, 3.05) is 82.6 Å². The topological polar surface area (TPSA) is 129 Å². The van der Waals surface area contributed by atoms with E-state index in [-0.39, 0.29) is 17.7 Å². The molecule has 1 aliphatic rings. The summed E-state index contributed by atoms with van der Waals surface area (Å²) in [4.78, 5) is 45.2. The second-order valence-electron chi connectivity index (χ2n) is 12.2. The van der Waals surface area contributed by atoms with Crippen LogP contribution in [0.25, 0.3) is 0 Å². The number of hydrogen-bond acceptors (Lipinski definition) is 8. The number of hydrogen-bond donors (Lipinski definition) is 3. The normalized spacial score (nSPS) is 13.1. The first-order valence-corrected chi connectivity index (χ1v) is 16.7. The maximum Gasteiger partial charge on any atom is 0.258 e. The highest BCUT2D eigenvalue weighted by atomic mass is 16.5. The van der Waals surface area contributed by atoms with Crippen molar-refractivity contribution in [3.05, 3.63) is 77.4 Å². The first-order chi connectivity index (χ1) is 23.2. The van der Waals surface area contributed by atoms with Crippen molar-refractivity contribution < 1.29 is 23.9 Å². The number of nitrogens with zero attached hydrogens (tertiary/aromatic N) is 3. The first-order valence-electron chi connectivity index (χ1n) is 16.7. The summed E-state index contributed by atoms with van der Waals surface area (Å²) in [6, 6.07) is 18.0. The number of nitrogens with two attached hydrogens (primary N) is 1. The Morgan fingerprint density at radius 2 is 1.67 bits per heavy atom. The van der Waals surface area contributed by atoms with Gasteiger partial charge < -0.3 is 40.5 Å². The molecule has 11 nitrogen and oxygen atoms in total. The number of aryl methyl sites for hydroxylation is 1. The van der Waals surface area contributed by atoms with Gasteiger partial charge in [0.2, 0.25) is 5.91 Å². The Morgan fingerprint density at radius 3 is 2.42 bits per heavy atom. The molecule has 48 heavy (non-hydrogen) atoms. The van der Waals surface area contributed by atoms with Gasteiger partial charge in [-0.1, -0.05) is 18.2 Å². The fourth-order valence-corrected chi connectivity index (χ4v) is 5.55. The monoisotopic (exact) mass is 658 g/mol. The minimum absolute atomic E-state index is 0.230. The van der Waals surface area contributed by atoms with Gasteiger partial charge in [-0.2, -0.15) is 0 Å². The van der Waals surface area contributed by atoms with Crippen LogP contribution in [0, 0.1) is 6.92 Å². The fourth-order valence-electron chi connectivity index (χ4n) is 5.55. The molecule has 3 aromatic carbocycles. The van der Waals surface area contributed by atoms with Gasteiger partial charge in [0.15, 0.2) is 0 Å². The molecule has 4 N–H and O–H groups in total. The second kappa shape index (κ2) is 18.1. The molecular formula is C37H50N6O5. The van der Waals surface area contributed by atoms with Crippen LogP contribution < -0.4 is 30.7 Å². The maximum absolute atomic E-state index is 13.7. The molecule has 0 spiro atoms. The Balaban J connectivity index is 1.35. The molecule has 0 saturated carbocycles. The van der Waals surface area contributed by atoms with Gasteiger partial charge in [0.1, 0.15) is 11.5 Å². The molecule has 4 rings (SSSR count). The molecular weight excluding hydrogens is 608 g/mol. The highest BCUT2D eigenvalue weighted by Crippen LogP contribution is 2.32. The highest BCUT2D eigenvalue weighted by Gasteiger charge is 2.21. The highest BCUT2D eigenvalue weighted by molar-refractivity contribution is 6.10. The number of amides is 3. The molecule has 11 heteroatoms. The quantitative estimate of drug-likeness (QED) is 0.183. The number of carbonyl (C=O) groups is 3. The van der Waals surface area contributed by atoms with Gasteiger partial charge in [0.05, 0.1) is 30.7 Å². The summed E-state index contributed by atoms with van der Waals surface area (Å²) in [6.45, 7) is 7.13. The molecule has 0 radical (unpaired) electrons. The van der Waals surface area contributed by atoms with Crippen LogP contribution in [0.3, 0.4) is 0 Å². The largest absolute Gasteiger partial charge is 0.495 e. The Morgan fingerprint density at radius 1 is 0.896 bits per heavy atom. The van der Waals surface area contributed by atoms with E-state index in [2.05, 4.69) is 22.6 Å². The number of ether oxygens (including phenoxy) is 2. The lowest BCUT2D eigenvalue weighted by atomic mass is 10.1. The average molecular weight is 659 g/mol. The third-order valence-corrected chi connectivity index (χ3v) is 8.49. The van der Waals surface area contributed by atoms with Crippen LogP contribution in [0.15, 0.2) is 60.7 Å². The number of para-hydroxylation sites is 1. The van der Waals surface area contributed by atoms with Crippen LogP contribution >= 0.6 is 0 Å². The number of carbonyl (C=O) groups excluding carboxylic acids is 3. The van der Waals surface area contributed by atoms with Crippen LogP contribution in [0.4, 0.5) is 17.1 Å². The van der Waals surface area contributed by atoms with Gasteiger partial charge in [-0.05, 0) is 94.2 Å². The van der Waals surface area contributed by atoms with Crippen molar-refractivity contribution in [2.24, 2.45) is 5.73 Å². The Bertz CT molecular complexity index is 1540. The Labute approximate surface area is 284 Å². The summed E-state index contributed by atoms with van der Waals surface area (Å²) in [5.41, 5.74) is 9.31. The van der Waals surface area contributed by atoms with Gasteiger partial charge in [0, 0.05) is 57.4 Å². The van der Waals surface area contributed by atoms with Crippen LogP contribution in [-0.2, 0) is 4.79 Å². The van der Waals surface area contributed by atoms with E-state index in [0.29, 0.717) is 65.8 Å². The van der Waals surface area contributed by atoms with Crippen molar-refractivity contribution in [1.82, 2.24) is 9.80 Å². The van der Waals surface area contributed by atoms with Crippen molar-refractivity contribution in [2.45, 2.75) is 39.0 Å². The minimum atomic E-state index is -0.302. The number of likely N-dealkylation sites (N-methyl/N-ethyl adjacent to an activating group) is 1. The summed E-state index contributed by atoms with van der Waals surface area (Å²) in [7, 11) is 5.29. The van der Waals surface area contributed by atoms with E-state index in [1.807, 2.05) is 42.2 Å². The molecule has 0 unspecified atom stereocenters. The third kappa shape index (κ3) is 9.95. The number of rotatable bonds is 16. The summed E-state index contributed by atoms with van der Waals surface area (Å²) in [5.74, 6) is 0.658. The minimum Gasteiger partial charge on any atom is -0.495 e. The van der Waals surface area contributed by atoms with Crippen molar-refractivity contribution in [1.29, 1.82) is 0 Å². The summed E-state index contributed by atoms with van der Waals surface area (Å²) in [6.07, 6.45) is 3.85.